The number of hydrogen-bond acceptors (Lipinski definition) is 4. The molecule has 1 fully saturated rings. The minimum atomic E-state index is -0.419. The number of rotatable bonds is 7. The molecular formula is C16H25NO3. The molecule has 20 heavy (non-hydrogen) atoms. The third-order valence-corrected chi connectivity index (χ3v) is 3.76. The molecule has 1 aliphatic rings. The lowest BCUT2D eigenvalue weighted by Crippen LogP contribution is -2.41. The second-order valence-electron chi connectivity index (χ2n) is 5.39. The monoisotopic (exact) mass is 279 g/mol. The van der Waals surface area contributed by atoms with Crippen LogP contribution in [0.15, 0.2) is 30.3 Å². The molecule has 112 valence electrons. The van der Waals surface area contributed by atoms with Crippen LogP contribution in [0.2, 0.25) is 0 Å². The fraction of sp³-hybridized carbons (Fsp3) is 0.625. The van der Waals surface area contributed by atoms with E-state index in [0.717, 1.165) is 31.5 Å². The molecule has 0 amide bonds. The normalized spacial score (nSPS) is 19.1. The van der Waals surface area contributed by atoms with Gasteiger partial charge in [-0.25, -0.2) is 0 Å². The first-order valence-corrected chi connectivity index (χ1v) is 7.33. The lowest BCUT2D eigenvalue weighted by molar-refractivity contribution is -0.00902. The van der Waals surface area contributed by atoms with Gasteiger partial charge in [0, 0.05) is 26.7 Å². The smallest absolute Gasteiger partial charge is 0.0900 e. The summed E-state index contributed by atoms with van der Waals surface area (Å²) < 4.78 is 10.9. The molecule has 0 aromatic heterocycles. The van der Waals surface area contributed by atoms with Crippen LogP contribution >= 0.6 is 0 Å². The first-order chi connectivity index (χ1) is 9.78. The molecule has 1 saturated heterocycles. The molecule has 1 aliphatic heterocycles. The van der Waals surface area contributed by atoms with Gasteiger partial charge in [0.2, 0.25) is 0 Å². The van der Waals surface area contributed by atoms with E-state index in [0.29, 0.717) is 25.9 Å². The molecule has 2 rings (SSSR count). The van der Waals surface area contributed by atoms with Crippen molar-refractivity contribution in [1.82, 2.24) is 4.90 Å². The molecule has 0 radical (unpaired) electrons. The summed E-state index contributed by atoms with van der Waals surface area (Å²) in [6, 6.07) is 10.0. The molecule has 4 nitrogen and oxygen atoms in total. The average Bonchev–Trinajstić information content (AvgIpc) is 2.49. The van der Waals surface area contributed by atoms with Crippen LogP contribution in [0.5, 0.6) is 0 Å². The van der Waals surface area contributed by atoms with Crippen molar-refractivity contribution in [2.75, 3.05) is 33.4 Å². The lowest BCUT2D eigenvalue weighted by Gasteiger charge is -2.32. The Morgan fingerprint density at radius 3 is 2.60 bits per heavy atom. The molecule has 0 bridgehead atoms. The summed E-state index contributed by atoms with van der Waals surface area (Å²) in [7, 11) is 1.77. The van der Waals surface area contributed by atoms with Crippen molar-refractivity contribution in [3.8, 4) is 0 Å². The number of methoxy groups -OCH3 is 1. The van der Waals surface area contributed by atoms with Crippen molar-refractivity contribution >= 4 is 0 Å². The number of ether oxygens (including phenoxy) is 2. The Bertz CT molecular complexity index is 363. The third kappa shape index (κ3) is 5.21. The van der Waals surface area contributed by atoms with Crippen molar-refractivity contribution in [2.45, 2.75) is 31.7 Å². The zero-order valence-corrected chi connectivity index (χ0v) is 12.2. The Hall–Kier alpha value is -0.940. The van der Waals surface area contributed by atoms with Gasteiger partial charge < -0.3 is 19.5 Å². The van der Waals surface area contributed by atoms with Crippen LogP contribution in [0.3, 0.4) is 0 Å². The van der Waals surface area contributed by atoms with E-state index in [4.69, 9.17) is 9.47 Å². The number of aliphatic hydroxyl groups is 1. The summed E-state index contributed by atoms with van der Waals surface area (Å²) in [6.45, 7) is 3.62. The Morgan fingerprint density at radius 1 is 1.25 bits per heavy atom. The van der Waals surface area contributed by atoms with Gasteiger partial charge in [0.15, 0.2) is 0 Å². The number of benzene rings is 1. The highest BCUT2D eigenvalue weighted by Gasteiger charge is 2.20. The first-order valence-electron chi connectivity index (χ1n) is 7.33. The maximum absolute atomic E-state index is 10.0. The Labute approximate surface area is 121 Å². The zero-order valence-electron chi connectivity index (χ0n) is 12.2. The van der Waals surface area contributed by atoms with Crippen LogP contribution < -0.4 is 0 Å². The summed E-state index contributed by atoms with van der Waals surface area (Å²) in [4.78, 5) is 2.28. The standard InChI is InChI=1S/C16H25NO3/c1-19-16-7-9-17(10-8-16)11-15(18)13-20-12-14-5-3-2-4-6-14/h2-6,15-16,18H,7-13H2,1H3. The van der Waals surface area contributed by atoms with Gasteiger partial charge in [-0.3, -0.25) is 0 Å². The summed E-state index contributed by atoms with van der Waals surface area (Å²) in [5.41, 5.74) is 1.14. The largest absolute Gasteiger partial charge is 0.389 e. The van der Waals surface area contributed by atoms with E-state index in [2.05, 4.69) is 4.90 Å². The topological polar surface area (TPSA) is 41.9 Å². The van der Waals surface area contributed by atoms with Gasteiger partial charge in [0.25, 0.3) is 0 Å². The van der Waals surface area contributed by atoms with Crippen molar-refractivity contribution < 1.29 is 14.6 Å². The SMILES string of the molecule is COC1CCN(CC(O)COCc2ccccc2)CC1. The molecule has 1 N–H and O–H groups in total. The maximum atomic E-state index is 10.0. The molecule has 1 heterocycles. The molecule has 1 aromatic rings. The summed E-state index contributed by atoms with van der Waals surface area (Å²) >= 11 is 0. The predicted octanol–water partition coefficient (Wildman–Crippen LogP) is 1.67. The molecule has 1 unspecified atom stereocenters. The molecule has 0 saturated carbocycles. The van der Waals surface area contributed by atoms with Crippen LogP contribution in [0.1, 0.15) is 18.4 Å². The molecular weight excluding hydrogens is 254 g/mol. The number of nitrogens with zero attached hydrogens (tertiary/aromatic N) is 1. The van der Waals surface area contributed by atoms with Gasteiger partial charge in [-0.15, -0.1) is 0 Å². The molecule has 1 aromatic carbocycles. The molecule has 4 heteroatoms. The van der Waals surface area contributed by atoms with E-state index in [1.54, 1.807) is 7.11 Å². The third-order valence-electron chi connectivity index (χ3n) is 3.76. The Kier molecular flexibility index (Phi) is 6.47. The number of likely N-dealkylation sites (tertiary alicyclic amines) is 1. The quantitative estimate of drug-likeness (QED) is 0.824. The molecule has 0 spiro atoms. The van der Waals surface area contributed by atoms with Crippen LogP contribution in [0, 0.1) is 0 Å². The number of aliphatic hydroxyl groups excluding tert-OH is 1. The minimum Gasteiger partial charge on any atom is -0.389 e. The van der Waals surface area contributed by atoms with Gasteiger partial charge in [-0.1, -0.05) is 30.3 Å². The van der Waals surface area contributed by atoms with E-state index in [9.17, 15) is 5.11 Å². The van der Waals surface area contributed by atoms with E-state index in [-0.39, 0.29) is 0 Å². The van der Waals surface area contributed by atoms with Crippen molar-refractivity contribution in [3.05, 3.63) is 35.9 Å². The van der Waals surface area contributed by atoms with Crippen molar-refractivity contribution in [3.63, 3.8) is 0 Å². The van der Waals surface area contributed by atoms with E-state index >= 15 is 0 Å². The van der Waals surface area contributed by atoms with Gasteiger partial charge in [0.05, 0.1) is 25.4 Å². The van der Waals surface area contributed by atoms with Gasteiger partial charge in [0.1, 0.15) is 0 Å². The first kappa shape index (κ1) is 15.4. The number of β-amino-alcohol motifs (C(OH)–C–C–N with tert-alkyl or cyclic N) is 1. The summed E-state index contributed by atoms with van der Waals surface area (Å²) in [5, 5.41) is 10.0. The van der Waals surface area contributed by atoms with Crippen LogP contribution in [0.4, 0.5) is 0 Å². The second-order valence-corrected chi connectivity index (χ2v) is 5.39. The number of hydrogen-bond donors (Lipinski definition) is 1. The van der Waals surface area contributed by atoms with Crippen LogP contribution in [0.25, 0.3) is 0 Å². The zero-order chi connectivity index (χ0) is 14.2. The molecule has 1 atom stereocenters. The van der Waals surface area contributed by atoms with Crippen LogP contribution in [-0.4, -0.2) is 55.6 Å². The molecule has 0 aliphatic carbocycles. The van der Waals surface area contributed by atoms with E-state index < -0.39 is 6.10 Å². The fourth-order valence-electron chi connectivity index (χ4n) is 2.57. The highest BCUT2D eigenvalue weighted by molar-refractivity contribution is 5.13. The van der Waals surface area contributed by atoms with Crippen molar-refractivity contribution in [1.29, 1.82) is 0 Å². The summed E-state index contributed by atoms with van der Waals surface area (Å²) in [6.07, 6.45) is 2.07. The maximum Gasteiger partial charge on any atom is 0.0900 e. The van der Waals surface area contributed by atoms with Crippen molar-refractivity contribution in [2.24, 2.45) is 0 Å². The van der Waals surface area contributed by atoms with Crippen LogP contribution in [-0.2, 0) is 16.1 Å². The lowest BCUT2D eigenvalue weighted by atomic mass is 10.1. The fourth-order valence-corrected chi connectivity index (χ4v) is 2.57. The minimum absolute atomic E-state index is 0.387. The van der Waals surface area contributed by atoms with E-state index in [1.807, 2.05) is 30.3 Å². The summed E-state index contributed by atoms with van der Waals surface area (Å²) in [5.74, 6) is 0. The van der Waals surface area contributed by atoms with E-state index in [1.165, 1.54) is 0 Å². The number of piperidine rings is 1. The highest BCUT2D eigenvalue weighted by atomic mass is 16.5. The average molecular weight is 279 g/mol. The predicted molar refractivity (Wildman–Crippen MR) is 78.6 cm³/mol. The Morgan fingerprint density at radius 2 is 1.95 bits per heavy atom. The van der Waals surface area contributed by atoms with Gasteiger partial charge in [-0.05, 0) is 18.4 Å². The Balaban J connectivity index is 1.60. The second kappa shape index (κ2) is 8.37. The van der Waals surface area contributed by atoms with Gasteiger partial charge >= 0.3 is 0 Å². The van der Waals surface area contributed by atoms with Gasteiger partial charge in [-0.2, -0.15) is 0 Å². The highest BCUT2D eigenvalue weighted by Crippen LogP contribution is 2.13.